The maximum absolute atomic E-state index is 5.15. The van der Waals surface area contributed by atoms with Crippen molar-refractivity contribution < 1.29 is 4.74 Å². The van der Waals surface area contributed by atoms with Crippen LogP contribution in [0.5, 0.6) is 5.75 Å². The molecule has 0 unspecified atom stereocenters. The topological polar surface area (TPSA) is 91.5 Å². The molecule has 0 bridgehead atoms. The highest BCUT2D eigenvalue weighted by Crippen LogP contribution is 2.22. The number of fused-ring (bicyclic) bond motifs is 1. The molecule has 0 saturated carbocycles. The smallest absolute Gasteiger partial charge is 0.246 e. The third kappa shape index (κ3) is 3.84. The minimum atomic E-state index is 0. The van der Waals surface area contributed by atoms with Crippen LogP contribution < -0.4 is 10.1 Å². The van der Waals surface area contributed by atoms with E-state index in [1.807, 2.05) is 42.5 Å². The van der Waals surface area contributed by atoms with Crippen LogP contribution in [-0.2, 0) is 0 Å². The molecule has 0 aliphatic rings. The molecule has 0 saturated heterocycles. The fourth-order valence-electron chi connectivity index (χ4n) is 2.35. The van der Waals surface area contributed by atoms with Crippen LogP contribution in [0.3, 0.4) is 0 Å². The van der Waals surface area contributed by atoms with Gasteiger partial charge in [0.15, 0.2) is 5.82 Å². The van der Waals surface area contributed by atoms with Crippen LogP contribution in [0.4, 0.5) is 11.6 Å². The zero-order valence-electron chi connectivity index (χ0n) is 13.2. The summed E-state index contributed by atoms with van der Waals surface area (Å²) in [6.45, 7) is 0. The summed E-state index contributed by atoms with van der Waals surface area (Å²) in [6.07, 6.45) is 1.78. The fourth-order valence-corrected chi connectivity index (χ4v) is 2.35. The summed E-state index contributed by atoms with van der Waals surface area (Å²) < 4.78 is 5.15. The molecule has 0 radical (unpaired) electrons. The van der Waals surface area contributed by atoms with E-state index >= 15 is 0 Å². The van der Waals surface area contributed by atoms with Crippen molar-refractivity contribution in [3.63, 3.8) is 0 Å². The first-order chi connectivity index (χ1) is 11.3. The largest absolute Gasteiger partial charge is 0.497 e. The number of aromatic nitrogens is 5. The van der Waals surface area contributed by atoms with E-state index in [0.717, 1.165) is 27.9 Å². The Morgan fingerprint density at radius 1 is 1.00 bits per heavy atom. The van der Waals surface area contributed by atoms with Crippen molar-refractivity contribution in [1.82, 2.24) is 25.4 Å². The first kappa shape index (κ1) is 18.6. The molecule has 25 heavy (non-hydrogen) atoms. The molecule has 0 amide bonds. The molecule has 0 aliphatic carbocycles. The van der Waals surface area contributed by atoms with Crippen LogP contribution in [0.15, 0.2) is 48.7 Å². The summed E-state index contributed by atoms with van der Waals surface area (Å²) >= 11 is 0. The average molecular weight is 379 g/mol. The SMILES string of the molecule is COc1ccc(-c2nc(Nc3ccc4[nH]ncc4c3)n[nH]2)cc1.Cl.Cl. The number of rotatable bonds is 4. The number of nitrogens with one attached hydrogen (secondary N) is 3. The molecule has 2 heterocycles. The fraction of sp³-hybridized carbons (Fsp3) is 0.0625. The van der Waals surface area contributed by atoms with E-state index < -0.39 is 0 Å². The Balaban J connectivity index is 0.00000113. The van der Waals surface area contributed by atoms with Gasteiger partial charge in [-0.15, -0.1) is 29.9 Å². The van der Waals surface area contributed by atoms with E-state index in [1.165, 1.54) is 0 Å². The Hall–Kier alpha value is -2.77. The van der Waals surface area contributed by atoms with Gasteiger partial charge in [0, 0.05) is 16.6 Å². The van der Waals surface area contributed by atoms with Crippen LogP contribution in [0, 0.1) is 0 Å². The van der Waals surface area contributed by atoms with Crippen LogP contribution in [-0.4, -0.2) is 32.5 Å². The highest BCUT2D eigenvalue weighted by molar-refractivity contribution is 5.85. The van der Waals surface area contributed by atoms with Gasteiger partial charge < -0.3 is 10.1 Å². The maximum atomic E-state index is 5.15. The molecule has 2 aromatic carbocycles. The highest BCUT2D eigenvalue weighted by Gasteiger charge is 2.07. The zero-order valence-corrected chi connectivity index (χ0v) is 14.8. The second kappa shape index (κ2) is 7.87. The van der Waals surface area contributed by atoms with Crippen LogP contribution in [0.2, 0.25) is 0 Å². The quantitative estimate of drug-likeness (QED) is 0.500. The van der Waals surface area contributed by atoms with E-state index in [2.05, 4.69) is 30.7 Å². The number of methoxy groups -OCH3 is 1. The van der Waals surface area contributed by atoms with Crippen LogP contribution >= 0.6 is 24.8 Å². The lowest BCUT2D eigenvalue weighted by Crippen LogP contribution is -1.92. The third-order valence-electron chi connectivity index (χ3n) is 3.55. The number of ether oxygens (including phenoxy) is 1. The number of anilines is 2. The minimum absolute atomic E-state index is 0. The van der Waals surface area contributed by atoms with Crippen molar-refractivity contribution in [1.29, 1.82) is 0 Å². The number of halogens is 2. The van der Waals surface area contributed by atoms with E-state index in [0.29, 0.717) is 11.8 Å². The molecule has 0 atom stereocenters. The van der Waals surface area contributed by atoms with E-state index in [9.17, 15) is 0 Å². The minimum Gasteiger partial charge on any atom is -0.497 e. The van der Waals surface area contributed by atoms with Gasteiger partial charge in [0.25, 0.3) is 0 Å². The molecular weight excluding hydrogens is 363 g/mol. The number of nitrogens with zero attached hydrogens (tertiary/aromatic N) is 3. The monoisotopic (exact) mass is 378 g/mol. The van der Waals surface area contributed by atoms with Gasteiger partial charge in [0.05, 0.1) is 18.8 Å². The van der Waals surface area contributed by atoms with Crippen molar-refractivity contribution in [3.8, 4) is 17.1 Å². The molecule has 4 aromatic rings. The average Bonchev–Trinajstić information content (AvgIpc) is 3.24. The highest BCUT2D eigenvalue weighted by atomic mass is 35.5. The lowest BCUT2D eigenvalue weighted by Gasteiger charge is -2.01. The summed E-state index contributed by atoms with van der Waals surface area (Å²) in [4.78, 5) is 4.46. The summed E-state index contributed by atoms with van der Waals surface area (Å²) in [6, 6.07) is 13.5. The zero-order chi connectivity index (χ0) is 15.6. The van der Waals surface area contributed by atoms with Crippen LogP contribution in [0.1, 0.15) is 0 Å². The second-order valence-electron chi connectivity index (χ2n) is 5.03. The molecule has 4 rings (SSSR count). The van der Waals surface area contributed by atoms with Crippen molar-refractivity contribution in [2.45, 2.75) is 0 Å². The number of hydrogen-bond acceptors (Lipinski definition) is 5. The van der Waals surface area contributed by atoms with Gasteiger partial charge >= 0.3 is 0 Å². The Bertz CT molecular complexity index is 951. The molecular formula is C16H16Cl2N6O. The van der Waals surface area contributed by atoms with Gasteiger partial charge in [0.1, 0.15) is 5.75 Å². The Morgan fingerprint density at radius 3 is 2.56 bits per heavy atom. The molecule has 2 aromatic heterocycles. The molecule has 0 spiro atoms. The lowest BCUT2D eigenvalue weighted by molar-refractivity contribution is 0.415. The number of hydrogen-bond donors (Lipinski definition) is 3. The molecule has 130 valence electrons. The van der Waals surface area contributed by atoms with Gasteiger partial charge in [-0.1, -0.05) is 0 Å². The summed E-state index contributed by atoms with van der Waals surface area (Å²) in [5.41, 5.74) is 2.83. The maximum Gasteiger partial charge on any atom is 0.246 e. The third-order valence-corrected chi connectivity index (χ3v) is 3.55. The summed E-state index contributed by atoms with van der Waals surface area (Å²) in [7, 11) is 1.64. The molecule has 9 heteroatoms. The molecule has 0 aliphatic heterocycles. The lowest BCUT2D eigenvalue weighted by atomic mass is 10.2. The van der Waals surface area contributed by atoms with Gasteiger partial charge in [-0.2, -0.15) is 10.1 Å². The number of aromatic amines is 2. The van der Waals surface area contributed by atoms with E-state index in [1.54, 1.807) is 13.3 Å². The molecule has 0 fully saturated rings. The van der Waals surface area contributed by atoms with Gasteiger partial charge in [-0.05, 0) is 42.5 Å². The van der Waals surface area contributed by atoms with Crippen LogP contribution in [0.25, 0.3) is 22.3 Å². The predicted octanol–water partition coefficient (Wildman–Crippen LogP) is 3.94. The van der Waals surface area contributed by atoms with E-state index in [4.69, 9.17) is 4.74 Å². The van der Waals surface area contributed by atoms with E-state index in [-0.39, 0.29) is 24.8 Å². The van der Waals surface area contributed by atoms with Crippen molar-refractivity contribution in [2.75, 3.05) is 12.4 Å². The first-order valence-corrected chi connectivity index (χ1v) is 7.09. The number of benzene rings is 2. The second-order valence-corrected chi connectivity index (χ2v) is 5.03. The molecule has 3 N–H and O–H groups in total. The number of H-pyrrole nitrogens is 2. The van der Waals surface area contributed by atoms with Gasteiger partial charge in [-0.3, -0.25) is 10.2 Å². The standard InChI is InChI=1S/C16H14N6O.2ClH/c1-23-13-5-2-10(3-6-13)15-19-16(22-21-15)18-12-4-7-14-11(8-12)9-17-20-14;;/h2-9H,1H3,(H,17,20)(H2,18,19,21,22);2*1H. The van der Waals surface area contributed by atoms with Crippen molar-refractivity contribution in [2.24, 2.45) is 0 Å². The molecule has 7 nitrogen and oxygen atoms in total. The summed E-state index contributed by atoms with van der Waals surface area (Å²) in [5, 5.41) is 18.3. The predicted molar refractivity (Wildman–Crippen MR) is 102 cm³/mol. The Labute approximate surface area is 156 Å². The van der Waals surface area contributed by atoms with Gasteiger partial charge in [-0.25, -0.2) is 0 Å². The normalized spacial score (nSPS) is 9.96. The van der Waals surface area contributed by atoms with Crippen molar-refractivity contribution >= 4 is 47.4 Å². The first-order valence-electron chi connectivity index (χ1n) is 7.09. The Morgan fingerprint density at radius 2 is 1.80 bits per heavy atom. The van der Waals surface area contributed by atoms with Gasteiger partial charge in [0.2, 0.25) is 5.95 Å². The Kier molecular flexibility index (Phi) is 5.84. The summed E-state index contributed by atoms with van der Waals surface area (Å²) in [5.74, 6) is 2.01. The van der Waals surface area contributed by atoms with Crippen molar-refractivity contribution in [3.05, 3.63) is 48.7 Å².